The van der Waals surface area contributed by atoms with Crippen molar-refractivity contribution >= 4 is 43.6 Å². The quantitative estimate of drug-likeness (QED) is 0.520. The lowest BCUT2D eigenvalue weighted by Gasteiger charge is -2.47. The molecule has 0 saturated heterocycles. The first kappa shape index (κ1) is 16.2. The molecule has 2 nitrogen and oxygen atoms in total. The SMILES string of the molecule is CCN1c2ccc(Br)cc2C(C)(C)[C@@]12C=Cc1cc(Br)ccc1O2. The summed E-state index contributed by atoms with van der Waals surface area (Å²) in [5.74, 6) is 0.930. The summed E-state index contributed by atoms with van der Waals surface area (Å²) >= 11 is 7.16. The highest BCUT2D eigenvalue weighted by atomic mass is 79.9. The zero-order valence-electron chi connectivity index (χ0n) is 13.9. The van der Waals surface area contributed by atoms with Gasteiger partial charge in [-0.25, -0.2) is 0 Å². The third-order valence-corrected chi connectivity index (χ3v) is 6.25. The average molecular weight is 449 g/mol. The standard InChI is InChI=1S/C20H19Br2NO/c1-4-23-17-7-5-15(22)12-16(17)19(2,3)20(23)10-9-13-11-14(21)6-8-18(13)24-20/h5-12H,4H2,1-3H3/t20-/m0/s1. The maximum Gasteiger partial charge on any atom is 0.212 e. The summed E-state index contributed by atoms with van der Waals surface area (Å²) in [6.07, 6.45) is 4.41. The Hall–Kier alpha value is -1.26. The number of hydrogen-bond acceptors (Lipinski definition) is 2. The Morgan fingerprint density at radius 2 is 1.75 bits per heavy atom. The molecular weight excluding hydrogens is 430 g/mol. The molecule has 0 aliphatic carbocycles. The minimum absolute atomic E-state index is 0.177. The normalized spacial score (nSPS) is 23.1. The molecule has 2 aliphatic heterocycles. The molecule has 0 fully saturated rings. The number of nitrogens with zero attached hydrogens (tertiary/aromatic N) is 1. The Morgan fingerprint density at radius 3 is 2.50 bits per heavy atom. The fourth-order valence-electron chi connectivity index (χ4n) is 3.99. The van der Waals surface area contributed by atoms with Crippen LogP contribution in [0.5, 0.6) is 5.75 Å². The summed E-state index contributed by atoms with van der Waals surface area (Å²) in [4.78, 5) is 2.37. The van der Waals surface area contributed by atoms with Crippen molar-refractivity contribution in [3.05, 3.63) is 62.5 Å². The van der Waals surface area contributed by atoms with Crippen molar-refractivity contribution in [2.24, 2.45) is 0 Å². The van der Waals surface area contributed by atoms with Crippen LogP contribution in [-0.2, 0) is 5.41 Å². The first-order chi connectivity index (χ1) is 11.4. The molecule has 0 radical (unpaired) electrons. The van der Waals surface area contributed by atoms with Crippen LogP contribution < -0.4 is 9.64 Å². The molecular formula is C20H19Br2NO. The Morgan fingerprint density at radius 1 is 1.04 bits per heavy atom. The predicted octanol–water partition coefficient (Wildman–Crippen LogP) is 6.13. The van der Waals surface area contributed by atoms with Gasteiger partial charge in [-0.05, 0) is 74.9 Å². The number of fused-ring (bicyclic) bond motifs is 2. The summed E-state index contributed by atoms with van der Waals surface area (Å²) in [6.45, 7) is 7.60. The molecule has 4 heteroatoms. The first-order valence-electron chi connectivity index (χ1n) is 8.14. The van der Waals surface area contributed by atoms with E-state index in [1.165, 1.54) is 11.3 Å². The van der Waals surface area contributed by atoms with Crippen LogP contribution in [-0.4, -0.2) is 12.3 Å². The van der Waals surface area contributed by atoms with Crippen LogP contribution in [0.1, 0.15) is 31.9 Å². The van der Waals surface area contributed by atoms with Gasteiger partial charge in [0.2, 0.25) is 5.72 Å². The summed E-state index contributed by atoms with van der Waals surface area (Å²) in [5.41, 5.74) is 2.98. The van der Waals surface area contributed by atoms with Gasteiger partial charge >= 0.3 is 0 Å². The van der Waals surface area contributed by atoms with Crippen molar-refractivity contribution in [1.82, 2.24) is 0 Å². The largest absolute Gasteiger partial charge is 0.463 e. The van der Waals surface area contributed by atoms with Gasteiger partial charge in [-0.1, -0.05) is 31.9 Å². The fraction of sp³-hybridized carbons (Fsp3) is 0.300. The lowest BCUT2D eigenvalue weighted by molar-refractivity contribution is 0.0544. The molecule has 2 aromatic rings. The number of benzene rings is 2. The van der Waals surface area contributed by atoms with Crippen LogP contribution in [0, 0.1) is 0 Å². The highest BCUT2D eigenvalue weighted by Crippen LogP contribution is 2.55. The first-order valence-corrected chi connectivity index (χ1v) is 9.73. The third-order valence-electron chi connectivity index (χ3n) is 5.26. The molecule has 2 heterocycles. The molecule has 0 aromatic heterocycles. The van der Waals surface area contributed by atoms with E-state index in [4.69, 9.17) is 4.74 Å². The molecule has 124 valence electrons. The Kier molecular flexibility index (Phi) is 3.63. The highest BCUT2D eigenvalue weighted by molar-refractivity contribution is 9.10. The Labute approximate surface area is 159 Å². The number of halogens is 2. The number of likely N-dealkylation sites (N-methyl/N-ethyl adjacent to an activating group) is 1. The van der Waals surface area contributed by atoms with Crippen molar-refractivity contribution in [3.63, 3.8) is 0 Å². The van der Waals surface area contributed by atoms with Gasteiger partial charge in [0.1, 0.15) is 5.75 Å². The minimum Gasteiger partial charge on any atom is -0.463 e. The summed E-state index contributed by atoms with van der Waals surface area (Å²) < 4.78 is 8.85. The van der Waals surface area contributed by atoms with E-state index in [0.29, 0.717) is 0 Å². The van der Waals surface area contributed by atoms with E-state index >= 15 is 0 Å². The zero-order chi connectivity index (χ0) is 17.1. The molecule has 0 unspecified atom stereocenters. The Bertz CT molecular complexity index is 859. The van der Waals surface area contributed by atoms with Crippen LogP contribution in [0.3, 0.4) is 0 Å². The minimum atomic E-state index is -0.508. The fourth-order valence-corrected chi connectivity index (χ4v) is 4.73. The second-order valence-corrected chi connectivity index (χ2v) is 8.68. The van der Waals surface area contributed by atoms with Crippen molar-refractivity contribution in [3.8, 4) is 5.75 Å². The van der Waals surface area contributed by atoms with Gasteiger partial charge in [-0.3, -0.25) is 0 Å². The molecule has 0 amide bonds. The number of anilines is 1. The van der Waals surface area contributed by atoms with Gasteiger partial charge < -0.3 is 9.64 Å². The molecule has 1 spiro atoms. The van der Waals surface area contributed by atoms with Gasteiger partial charge in [0, 0.05) is 26.7 Å². The number of rotatable bonds is 1. The van der Waals surface area contributed by atoms with Gasteiger partial charge in [0.15, 0.2) is 0 Å². The Balaban J connectivity index is 1.91. The van der Waals surface area contributed by atoms with Crippen molar-refractivity contribution in [1.29, 1.82) is 0 Å². The molecule has 2 aliphatic rings. The summed E-state index contributed by atoms with van der Waals surface area (Å²) in [7, 11) is 0. The number of ether oxygens (including phenoxy) is 1. The van der Waals surface area contributed by atoms with Crippen molar-refractivity contribution in [2.45, 2.75) is 31.9 Å². The van der Waals surface area contributed by atoms with E-state index in [9.17, 15) is 0 Å². The van der Waals surface area contributed by atoms with E-state index in [0.717, 1.165) is 26.8 Å². The monoisotopic (exact) mass is 447 g/mol. The second-order valence-electron chi connectivity index (χ2n) is 6.84. The van der Waals surface area contributed by atoms with Crippen LogP contribution in [0.2, 0.25) is 0 Å². The van der Waals surface area contributed by atoms with Crippen LogP contribution in [0.15, 0.2) is 51.4 Å². The van der Waals surface area contributed by atoms with E-state index in [1.54, 1.807) is 0 Å². The average Bonchev–Trinajstić information content (AvgIpc) is 2.72. The van der Waals surface area contributed by atoms with E-state index < -0.39 is 5.72 Å². The van der Waals surface area contributed by atoms with Crippen LogP contribution >= 0.6 is 31.9 Å². The van der Waals surface area contributed by atoms with E-state index in [-0.39, 0.29) is 5.41 Å². The molecule has 24 heavy (non-hydrogen) atoms. The third kappa shape index (κ3) is 2.05. The smallest absolute Gasteiger partial charge is 0.212 e. The van der Waals surface area contributed by atoms with Crippen LogP contribution in [0.4, 0.5) is 5.69 Å². The van der Waals surface area contributed by atoms with Gasteiger partial charge in [-0.15, -0.1) is 0 Å². The van der Waals surface area contributed by atoms with Gasteiger partial charge in [0.25, 0.3) is 0 Å². The lowest BCUT2D eigenvalue weighted by Crippen LogP contribution is -2.59. The summed E-state index contributed by atoms with van der Waals surface area (Å²) in [5, 5.41) is 0. The lowest BCUT2D eigenvalue weighted by atomic mass is 9.76. The topological polar surface area (TPSA) is 12.5 Å². The predicted molar refractivity (Wildman–Crippen MR) is 107 cm³/mol. The zero-order valence-corrected chi connectivity index (χ0v) is 17.1. The summed E-state index contributed by atoms with van der Waals surface area (Å²) in [6, 6.07) is 12.7. The second kappa shape index (κ2) is 5.37. The van der Waals surface area contributed by atoms with E-state index in [1.807, 2.05) is 12.1 Å². The van der Waals surface area contributed by atoms with E-state index in [2.05, 4.69) is 93.9 Å². The highest BCUT2D eigenvalue weighted by Gasteiger charge is 2.58. The molecule has 4 rings (SSSR count). The molecule has 1 atom stereocenters. The van der Waals surface area contributed by atoms with Crippen LogP contribution in [0.25, 0.3) is 6.08 Å². The number of hydrogen-bond donors (Lipinski definition) is 0. The van der Waals surface area contributed by atoms with Crippen molar-refractivity contribution in [2.75, 3.05) is 11.4 Å². The van der Waals surface area contributed by atoms with Gasteiger partial charge in [-0.2, -0.15) is 0 Å². The molecule has 0 N–H and O–H groups in total. The van der Waals surface area contributed by atoms with Gasteiger partial charge in [0.05, 0.1) is 5.41 Å². The maximum absolute atomic E-state index is 6.68. The molecule has 0 bridgehead atoms. The maximum atomic E-state index is 6.68. The molecule has 2 aromatic carbocycles. The van der Waals surface area contributed by atoms with Crippen molar-refractivity contribution < 1.29 is 4.74 Å². The molecule has 0 saturated carbocycles.